The Bertz CT molecular complexity index is 828. The highest BCUT2D eigenvalue weighted by molar-refractivity contribution is 6.04. The van der Waals surface area contributed by atoms with E-state index in [2.05, 4.69) is 10.2 Å². The lowest BCUT2D eigenvalue weighted by Crippen LogP contribution is -2.46. The molecule has 2 aliphatic rings. The molecule has 1 fully saturated rings. The number of para-hydroxylation sites is 2. The summed E-state index contributed by atoms with van der Waals surface area (Å²) in [5.74, 6) is 1.96. The largest absolute Gasteiger partial charge is 0.454 e. The molecule has 2 heterocycles. The molecule has 0 atom stereocenters. The monoisotopic (exact) mass is 324 g/mol. The van der Waals surface area contributed by atoms with Gasteiger partial charge in [-0.15, -0.1) is 0 Å². The van der Waals surface area contributed by atoms with Crippen molar-refractivity contribution in [3.8, 4) is 11.5 Å². The lowest BCUT2D eigenvalue weighted by Gasteiger charge is -2.30. The Morgan fingerprint density at radius 3 is 2.71 bits per heavy atom. The fourth-order valence-electron chi connectivity index (χ4n) is 2.94. The highest BCUT2D eigenvalue weighted by atomic mass is 16.6. The van der Waals surface area contributed by atoms with Crippen LogP contribution in [0.15, 0.2) is 47.5 Å². The number of ether oxygens (including phenoxy) is 1. The molecule has 0 aromatic heterocycles. The second-order valence-electron chi connectivity index (χ2n) is 5.68. The van der Waals surface area contributed by atoms with Crippen LogP contribution in [0.3, 0.4) is 0 Å². The van der Waals surface area contributed by atoms with E-state index >= 15 is 0 Å². The fraction of sp³-hybridized carbons (Fsp3) is 0.235. The maximum Gasteiger partial charge on any atom is 0.270 e. The SMILES string of the molecule is O=[N+]([O-])c1ccc2c(c1)C(N1CCNCC1)=Nc1ccccc1O2. The summed E-state index contributed by atoms with van der Waals surface area (Å²) in [6.07, 6.45) is 0. The summed E-state index contributed by atoms with van der Waals surface area (Å²) >= 11 is 0. The number of nitro groups is 1. The number of benzene rings is 2. The second kappa shape index (κ2) is 5.93. The first-order chi connectivity index (χ1) is 11.7. The van der Waals surface area contributed by atoms with Gasteiger partial charge in [0.1, 0.15) is 17.3 Å². The van der Waals surface area contributed by atoms with Gasteiger partial charge in [0.05, 0.1) is 10.5 Å². The van der Waals surface area contributed by atoms with Gasteiger partial charge in [-0.2, -0.15) is 0 Å². The van der Waals surface area contributed by atoms with E-state index in [1.165, 1.54) is 6.07 Å². The number of fused-ring (bicyclic) bond motifs is 2. The predicted molar refractivity (Wildman–Crippen MR) is 90.3 cm³/mol. The van der Waals surface area contributed by atoms with Crippen LogP contribution in [0.4, 0.5) is 11.4 Å². The van der Waals surface area contributed by atoms with Crippen LogP contribution in [-0.2, 0) is 0 Å². The van der Waals surface area contributed by atoms with E-state index in [-0.39, 0.29) is 5.69 Å². The molecule has 0 amide bonds. The number of hydrogen-bond donors (Lipinski definition) is 1. The molecule has 2 aromatic carbocycles. The Morgan fingerprint density at radius 1 is 1.12 bits per heavy atom. The van der Waals surface area contributed by atoms with Gasteiger partial charge in [0, 0.05) is 38.3 Å². The average Bonchev–Trinajstić information content (AvgIpc) is 2.78. The highest BCUT2D eigenvalue weighted by Gasteiger charge is 2.25. The molecular weight excluding hydrogens is 308 g/mol. The van der Waals surface area contributed by atoms with Crippen molar-refractivity contribution in [2.24, 2.45) is 4.99 Å². The molecule has 1 saturated heterocycles. The van der Waals surface area contributed by atoms with E-state index in [1.807, 2.05) is 24.3 Å². The molecule has 7 heteroatoms. The Balaban J connectivity index is 1.89. The van der Waals surface area contributed by atoms with Gasteiger partial charge in [0.2, 0.25) is 0 Å². The summed E-state index contributed by atoms with van der Waals surface area (Å²) in [5.41, 5.74) is 1.42. The molecule has 24 heavy (non-hydrogen) atoms. The minimum Gasteiger partial charge on any atom is -0.454 e. The van der Waals surface area contributed by atoms with Gasteiger partial charge >= 0.3 is 0 Å². The molecule has 0 aliphatic carbocycles. The van der Waals surface area contributed by atoms with Crippen molar-refractivity contribution in [1.82, 2.24) is 10.2 Å². The number of hydrogen-bond acceptors (Lipinski definition) is 6. The predicted octanol–water partition coefficient (Wildman–Crippen LogP) is 2.68. The van der Waals surface area contributed by atoms with Crippen molar-refractivity contribution < 1.29 is 9.66 Å². The van der Waals surface area contributed by atoms with E-state index in [0.29, 0.717) is 17.1 Å². The van der Waals surface area contributed by atoms with Gasteiger partial charge in [-0.05, 0) is 18.2 Å². The van der Waals surface area contributed by atoms with Crippen molar-refractivity contribution in [2.75, 3.05) is 26.2 Å². The van der Waals surface area contributed by atoms with Gasteiger partial charge in [0.15, 0.2) is 5.75 Å². The summed E-state index contributed by atoms with van der Waals surface area (Å²) in [6.45, 7) is 3.30. The molecule has 0 saturated carbocycles. The van der Waals surface area contributed by atoms with Crippen LogP contribution < -0.4 is 10.1 Å². The molecule has 0 radical (unpaired) electrons. The quantitative estimate of drug-likeness (QED) is 0.644. The highest BCUT2D eigenvalue weighted by Crippen LogP contribution is 2.39. The van der Waals surface area contributed by atoms with Gasteiger partial charge in [-0.25, -0.2) is 4.99 Å². The molecule has 0 unspecified atom stereocenters. The molecule has 2 aromatic rings. The molecule has 7 nitrogen and oxygen atoms in total. The van der Waals surface area contributed by atoms with E-state index in [4.69, 9.17) is 9.73 Å². The average molecular weight is 324 g/mol. The van der Waals surface area contributed by atoms with Crippen LogP contribution >= 0.6 is 0 Å². The summed E-state index contributed by atoms with van der Waals surface area (Å²) in [6, 6.07) is 12.2. The molecule has 0 bridgehead atoms. The van der Waals surface area contributed by atoms with E-state index in [0.717, 1.165) is 37.7 Å². The van der Waals surface area contributed by atoms with Crippen LogP contribution in [0.2, 0.25) is 0 Å². The normalized spacial score (nSPS) is 16.3. The fourth-order valence-corrected chi connectivity index (χ4v) is 2.94. The van der Waals surface area contributed by atoms with E-state index in [1.54, 1.807) is 12.1 Å². The number of aliphatic imine (C=N–C) groups is 1. The zero-order valence-corrected chi connectivity index (χ0v) is 12.9. The Hall–Kier alpha value is -2.93. The molecule has 2 aliphatic heterocycles. The third-order valence-electron chi connectivity index (χ3n) is 4.14. The molecule has 0 spiro atoms. The minimum absolute atomic E-state index is 0.0335. The topological polar surface area (TPSA) is 80.0 Å². The Labute approximate surface area is 138 Å². The molecule has 4 rings (SSSR count). The number of nitro benzene ring substituents is 1. The number of piperazine rings is 1. The summed E-state index contributed by atoms with van der Waals surface area (Å²) in [4.78, 5) is 17.7. The van der Waals surface area contributed by atoms with Crippen molar-refractivity contribution in [3.05, 3.63) is 58.1 Å². The van der Waals surface area contributed by atoms with Crippen molar-refractivity contribution in [1.29, 1.82) is 0 Å². The molecular formula is C17H16N4O3. The first-order valence-corrected chi connectivity index (χ1v) is 7.82. The lowest BCUT2D eigenvalue weighted by atomic mass is 10.1. The number of nitrogens with one attached hydrogen (secondary N) is 1. The van der Waals surface area contributed by atoms with Crippen LogP contribution in [0.5, 0.6) is 11.5 Å². The number of amidine groups is 1. The second-order valence-corrected chi connectivity index (χ2v) is 5.68. The van der Waals surface area contributed by atoms with Crippen LogP contribution in [0, 0.1) is 10.1 Å². The minimum atomic E-state index is -0.395. The maximum absolute atomic E-state index is 11.2. The van der Waals surface area contributed by atoms with Gasteiger partial charge < -0.3 is 15.0 Å². The summed E-state index contributed by atoms with van der Waals surface area (Å²) < 4.78 is 5.98. The van der Waals surface area contributed by atoms with Gasteiger partial charge in [-0.3, -0.25) is 10.1 Å². The first kappa shape index (κ1) is 14.6. The van der Waals surface area contributed by atoms with E-state index in [9.17, 15) is 10.1 Å². The molecule has 122 valence electrons. The Morgan fingerprint density at radius 2 is 1.92 bits per heavy atom. The van der Waals surface area contributed by atoms with E-state index < -0.39 is 4.92 Å². The van der Waals surface area contributed by atoms with Crippen LogP contribution in [0.1, 0.15) is 5.56 Å². The van der Waals surface area contributed by atoms with Crippen LogP contribution in [-0.4, -0.2) is 41.8 Å². The van der Waals surface area contributed by atoms with Gasteiger partial charge in [0.25, 0.3) is 5.69 Å². The van der Waals surface area contributed by atoms with Crippen molar-refractivity contribution in [2.45, 2.75) is 0 Å². The van der Waals surface area contributed by atoms with Crippen molar-refractivity contribution >= 4 is 17.2 Å². The molecule has 1 N–H and O–H groups in total. The van der Waals surface area contributed by atoms with Crippen LogP contribution in [0.25, 0.3) is 0 Å². The number of rotatable bonds is 1. The standard InChI is InChI=1S/C17H16N4O3/c22-21(23)12-5-6-15-13(11-12)17(20-9-7-18-8-10-20)19-14-3-1-2-4-16(14)24-15/h1-6,11,18H,7-10H2. The third kappa shape index (κ3) is 2.59. The zero-order valence-electron chi connectivity index (χ0n) is 12.9. The maximum atomic E-state index is 11.2. The first-order valence-electron chi connectivity index (χ1n) is 7.82. The lowest BCUT2D eigenvalue weighted by molar-refractivity contribution is -0.384. The zero-order chi connectivity index (χ0) is 16.5. The van der Waals surface area contributed by atoms with Crippen molar-refractivity contribution in [3.63, 3.8) is 0 Å². The summed E-state index contributed by atoms with van der Waals surface area (Å²) in [7, 11) is 0. The summed E-state index contributed by atoms with van der Waals surface area (Å²) in [5, 5.41) is 14.5. The van der Waals surface area contributed by atoms with Gasteiger partial charge in [-0.1, -0.05) is 12.1 Å². The number of non-ortho nitro benzene ring substituents is 1. The smallest absolute Gasteiger partial charge is 0.270 e. The Kier molecular flexibility index (Phi) is 3.62. The third-order valence-corrected chi connectivity index (χ3v) is 4.14. The number of nitrogens with zero attached hydrogens (tertiary/aromatic N) is 3.